The third-order valence-corrected chi connectivity index (χ3v) is 3.71. The van der Waals surface area contributed by atoms with Crippen LogP contribution >= 0.6 is 0 Å². The van der Waals surface area contributed by atoms with E-state index in [2.05, 4.69) is 45.9 Å². The molecule has 0 aliphatic rings. The third kappa shape index (κ3) is 2.00. The summed E-state index contributed by atoms with van der Waals surface area (Å²) in [7, 11) is 0. The predicted molar refractivity (Wildman–Crippen MR) is 85.3 cm³/mol. The number of benzene rings is 2. The molecular weight excluding hydrogens is 260 g/mol. The van der Waals surface area contributed by atoms with E-state index in [-0.39, 0.29) is 0 Å². The van der Waals surface area contributed by atoms with Crippen LogP contribution in [0.5, 0.6) is 0 Å². The van der Waals surface area contributed by atoms with E-state index in [0.29, 0.717) is 5.92 Å². The van der Waals surface area contributed by atoms with Gasteiger partial charge >= 0.3 is 0 Å². The summed E-state index contributed by atoms with van der Waals surface area (Å²) in [6.45, 7) is 4.27. The summed E-state index contributed by atoms with van der Waals surface area (Å²) < 4.78 is 0. The highest BCUT2D eigenvalue weighted by Crippen LogP contribution is 2.24. The fraction of sp³-hybridized carbons (Fsp3) is 0.176. The second-order valence-corrected chi connectivity index (χ2v) is 5.61. The Labute approximate surface area is 122 Å². The number of fused-ring (bicyclic) bond motifs is 2. The summed E-state index contributed by atoms with van der Waals surface area (Å²) in [4.78, 5) is 16.0. The molecule has 2 N–H and O–H groups in total. The van der Waals surface area contributed by atoms with Crippen molar-refractivity contribution in [2.45, 2.75) is 19.8 Å². The maximum absolute atomic E-state index is 4.64. The SMILES string of the molecule is CC(C)c1nc2ccc(-c3nc4ccccc4[nH]3)cc2[nH]1. The van der Waals surface area contributed by atoms with Crippen molar-refractivity contribution in [1.82, 2.24) is 19.9 Å². The van der Waals surface area contributed by atoms with Gasteiger partial charge in [-0.05, 0) is 30.3 Å². The zero-order valence-electron chi connectivity index (χ0n) is 12.0. The lowest BCUT2D eigenvalue weighted by Crippen LogP contribution is -1.88. The zero-order chi connectivity index (χ0) is 14.4. The largest absolute Gasteiger partial charge is 0.342 e. The van der Waals surface area contributed by atoms with Crippen LogP contribution in [-0.4, -0.2) is 19.9 Å². The van der Waals surface area contributed by atoms with E-state index in [1.807, 2.05) is 30.3 Å². The fourth-order valence-corrected chi connectivity index (χ4v) is 2.54. The maximum Gasteiger partial charge on any atom is 0.138 e. The van der Waals surface area contributed by atoms with E-state index in [0.717, 1.165) is 39.3 Å². The number of hydrogen-bond acceptors (Lipinski definition) is 2. The number of H-pyrrole nitrogens is 2. The van der Waals surface area contributed by atoms with E-state index in [1.165, 1.54) is 0 Å². The Morgan fingerprint density at radius 2 is 1.67 bits per heavy atom. The van der Waals surface area contributed by atoms with Crippen LogP contribution in [0.25, 0.3) is 33.5 Å². The van der Waals surface area contributed by atoms with Gasteiger partial charge in [-0.1, -0.05) is 26.0 Å². The Hall–Kier alpha value is -2.62. The summed E-state index contributed by atoms with van der Waals surface area (Å²) in [5.74, 6) is 2.30. The molecule has 0 aliphatic heterocycles. The van der Waals surface area contributed by atoms with Gasteiger partial charge in [-0.2, -0.15) is 0 Å². The van der Waals surface area contributed by atoms with E-state index in [1.54, 1.807) is 0 Å². The van der Waals surface area contributed by atoms with Gasteiger partial charge in [-0.15, -0.1) is 0 Å². The lowest BCUT2D eigenvalue weighted by molar-refractivity contribution is 0.799. The normalized spacial score (nSPS) is 11.8. The Kier molecular flexibility index (Phi) is 2.57. The standard InChI is InChI=1S/C17H16N4/c1-10(2)16-18-14-8-7-11(9-15(14)21-16)17-19-12-5-3-4-6-13(12)20-17/h3-10H,1-2H3,(H,18,21)(H,19,20). The molecule has 0 saturated heterocycles. The van der Waals surface area contributed by atoms with Crippen molar-refractivity contribution >= 4 is 22.1 Å². The van der Waals surface area contributed by atoms with Crippen LogP contribution < -0.4 is 0 Å². The van der Waals surface area contributed by atoms with Crippen molar-refractivity contribution < 1.29 is 0 Å². The number of aromatic nitrogens is 4. The number of aromatic amines is 2. The molecule has 0 amide bonds. The van der Waals surface area contributed by atoms with E-state index in [9.17, 15) is 0 Å². The zero-order valence-corrected chi connectivity index (χ0v) is 12.0. The lowest BCUT2D eigenvalue weighted by atomic mass is 10.2. The van der Waals surface area contributed by atoms with Crippen LogP contribution in [-0.2, 0) is 0 Å². The van der Waals surface area contributed by atoms with Gasteiger partial charge in [0.1, 0.15) is 11.6 Å². The first-order chi connectivity index (χ1) is 10.2. The Balaban J connectivity index is 1.85. The molecule has 0 bridgehead atoms. The fourth-order valence-electron chi connectivity index (χ4n) is 2.54. The molecule has 0 radical (unpaired) electrons. The molecule has 4 aromatic rings. The molecule has 0 aliphatic carbocycles. The van der Waals surface area contributed by atoms with Gasteiger partial charge in [0, 0.05) is 11.5 Å². The number of rotatable bonds is 2. The first-order valence-electron chi connectivity index (χ1n) is 7.15. The molecule has 0 spiro atoms. The Bertz CT molecular complexity index is 897. The Morgan fingerprint density at radius 3 is 2.48 bits per heavy atom. The van der Waals surface area contributed by atoms with Crippen molar-refractivity contribution in [1.29, 1.82) is 0 Å². The van der Waals surface area contributed by atoms with Crippen LogP contribution in [0.4, 0.5) is 0 Å². The van der Waals surface area contributed by atoms with Crippen LogP contribution in [0.3, 0.4) is 0 Å². The quantitative estimate of drug-likeness (QED) is 0.575. The summed E-state index contributed by atoms with van der Waals surface area (Å²) in [5, 5.41) is 0. The highest BCUT2D eigenvalue weighted by Gasteiger charge is 2.09. The minimum Gasteiger partial charge on any atom is -0.342 e. The summed E-state index contributed by atoms with van der Waals surface area (Å²) in [6, 6.07) is 14.3. The molecule has 0 unspecified atom stereocenters. The average Bonchev–Trinajstić information content (AvgIpc) is 3.10. The van der Waals surface area contributed by atoms with Gasteiger partial charge in [-0.25, -0.2) is 9.97 Å². The van der Waals surface area contributed by atoms with Crippen LogP contribution in [0.15, 0.2) is 42.5 Å². The molecule has 2 aromatic heterocycles. The highest BCUT2D eigenvalue weighted by atomic mass is 14.9. The van der Waals surface area contributed by atoms with Crippen LogP contribution in [0.2, 0.25) is 0 Å². The number of hydrogen-bond donors (Lipinski definition) is 2. The molecule has 0 fully saturated rings. The molecule has 2 aromatic carbocycles. The monoisotopic (exact) mass is 276 g/mol. The van der Waals surface area contributed by atoms with E-state index in [4.69, 9.17) is 0 Å². The number of nitrogens with one attached hydrogen (secondary N) is 2. The molecule has 4 rings (SSSR count). The molecule has 21 heavy (non-hydrogen) atoms. The Morgan fingerprint density at radius 1 is 0.857 bits per heavy atom. The van der Waals surface area contributed by atoms with Crippen LogP contribution in [0.1, 0.15) is 25.6 Å². The number of nitrogens with zero attached hydrogens (tertiary/aromatic N) is 2. The minimum absolute atomic E-state index is 0.395. The summed E-state index contributed by atoms with van der Waals surface area (Å²) in [5.41, 5.74) is 5.16. The summed E-state index contributed by atoms with van der Waals surface area (Å²) in [6.07, 6.45) is 0. The van der Waals surface area contributed by atoms with Gasteiger partial charge < -0.3 is 9.97 Å². The van der Waals surface area contributed by atoms with Gasteiger partial charge in [-0.3, -0.25) is 0 Å². The van der Waals surface area contributed by atoms with Crippen molar-refractivity contribution in [3.05, 3.63) is 48.3 Å². The second-order valence-electron chi connectivity index (χ2n) is 5.61. The molecular formula is C17H16N4. The maximum atomic E-state index is 4.64. The van der Waals surface area contributed by atoms with Gasteiger partial charge in [0.25, 0.3) is 0 Å². The van der Waals surface area contributed by atoms with Crippen molar-refractivity contribution in [3.63, 3.8) is 0 Å². The van der Waals surface area contributed by atoms with Gasteiger partial charge in [0.05, 0.1) is 22.1 Å². The molecule has 2 heterocycles. The topological polar surface area (TPSA) is 57.4 Å². The van der Waals surface area contributed by atoms with Crippen molar-refractivity contribution in [2.75, 3.05) is 0 Å². The highest BCUT2D eigenvalue weighted by molar-refractivity contribution is 5.84. The van der Waals surface area contributed by atoms with Crippen molar-refractivity contribution in [2.24, 2.45) is 0 Å². The predicted octanol–water partition coefficient (Wildman–Crippen LogP) is 4.23. The molecule has 0 atom stereocenters. The average molecular weight is 276 g/mol. The smallest absolute Gasteiger partial charge is 0.138 e. The van der Waals surface area contributed by atoms with Gasteiger partial charge in [0.15, 0.2) is 0 Å². The molecule has 0 saturated carbocycles. The number of para-hydroxylation sites is 2. The van der Waals surface area contributed by atoms with Crippen LogP contribution in [0, 0.1) is 0 Å². The first-order valence-corrected chi connectivity index (χ1v) is 7.15. The van der Waals surface area contributed by atoms with Gasteiger partial charge in [0.2, 0.25) is 0 Å². The molecule has 4 heteroatoms. The minimum atomic E-state index is 0.395. The second kappa shape index (κ2) is 4.45. The number of imidazole rings is 2. The summed E-state index contributed by atoms with van der Waals surface area (Å²) >= 11 is 0. The third-order valence-electron chi connectivity index (χ3n) is 3.71. The first kappa shape index (κ1) is 12.1. The van der Waals surface area contributed by atoms with Crippen molar-refractivity contribution in [3.8, 4) is 11.4 Å². The lowest BCUT2D eigenvalue weighted by Gasteiger charge is -1.96. The molecule has 104 valence electrons. The molecule has 4 nitrogen and oxygen atoms in total. The van der Waals surface area contributed by atoms with E-state index < -0.39 is 0 Å². The van der Waals surface area contributed by atoms with E-state index >= 15 is 0 Å².